The Morgan fingerprint density at radius 2 is 2.27 bits per heavy atom. The van der Waals surface area contributed by atoms with Gasteiger partial charge in [0.2, 0.25) is 0 Å². The predicted octanol–water partition coefficient (Wildman–Crippen LogP) is 1.69. The lowest BCUT2D eigenvalue weighted by Gasteiger charge is -2.16. The molecule has 0 spiro atoms. The molecule has 0 saturated heterocycles. The van der Waals surface area contributed by atoms with Gasteiger partial charge >= 0.3 is 0 Å². The van der Waals surface area contributed by atoms with Crippen LogP contribution >= 0.6 is 0 Å². The zero-order chi connectivity index (χ0) is 11.5. The van der Waals surface area contributed by atoms with Crippen molar-refractivity contribution in [2.75, 3.05) is 26.3 Å². The lowest BCUT2D eigenvalue weighted by atomic mass is 10.1. The van der Waals surface area contributed by atoms with E-state index in [1.165, 1.54) is 12.8 Å². The molecule has 1 atom stereocenters. The third-order valence-corrected chi connectivity index (χ3v) is 2.22. The summed E-state index contributed by atoms with van der Waals surface area (Å²) < 4.78 is 5.39. The van der Waals surface area contributed by atoms with Crippen LogP contribution in [0.15, 0.2) is 12.2 Å². The molecular weight excluding hydrogens is 188 g/mol. The van der Waals surface area contributed by atoms with Crippen LogP contribution in [-0.2, 0) is 4.74 Å². The molecule has 90 valence electrons. The number of nitrogens with two attached hydrogens (primary N) is 1. The number of unbranched alkanes of at least 4 members (excludes halogenated alkanes) is 1. The highest BCUT2D eigenvalue weighted by molar-refractivity contribution is 4.87. The van der Waals surface area contributed by atoms with Crippen LogP contribution in [0.3, 0.4) is 0 Å². The maximum Gasteiger partial charge on any atom is 0.0672 e. The van der Waals surface area contributed by atoms with Crippen LogP contribution in [0.25, 0.3) is 0 Å². The fraction of sp³-hybridized carbons (Fsp3) is 0.833. The first-order valence-electron chi connectivity index (χ1n) is 5.86. The molecule has 0 aromatic rings. The first-order chi connectivity index (χ1) is 7.20. The van der Waals surface area contributed by atoms with Crippen molar-refractivity contribution in [3.63, 3.8) is 0 Å². The Kier molecular flexibility index (Phi) is 9.89. The molecular formula is C12H26N2O. The largest absolute Gasteiger partial charge is 0.376 e. The lowest BCUT2D eigenvalue weighted by Crippen LogP contribution is -2.38. The minimum Gasteiger partial charge on any atom is -0.376 e. The molecule has 0 aromatic carbocycles. The van der Waals surface area contributed by atoms with E-state index in [4.69, 9.17) is 10.5 Å². The standard InChI is InChI=1S/C12H26N2O/c1-4-5-6-12(9-13)14-7-8-15-10-11(2)3/h12,14H,2,4-10,13H2,1,3H3. The summed E-state index contributed by atoms with van der Waals surface area (Å²) in [6.45, 7) is 10.9. The summed E-state index contributed by atoms with van der Waals surface area (Å²) in [5.41, 5.74) is 6.73. The van der Waals surface area contributed by atoms with Gasteiger partial charge in [-0.2, -0.15) is 0 Å². The van der Waals surface area contributed by atoms with E-state index in [0.29, 0.717) is 19.2 Å². The van der Waals surface area contributed by atoms with Gasteiger partial charge in [0.25, 0.3) is 0 Å². The zero-order valence-electron chi connectivity index (χ0n) is 10.2. The average Bonchev–Trinajstić information content (AvgIpc) is 2.21. The molecule has 0 aliphatic heterocycles. The Morgan fingerprint density at radius 1 is 1.53 bits per heavy atom. The number of rotatable bonds is 10. The second-order valence-corrected chi connectivity index (χ2v) is 4.04. The summed E-state index contributed by atoms with van der Waals surface area (Å²) >= 11 is 0. The topological polar surface area (TPSA) is 47.3 Å². The molecule has 0 heterocycles. The molecule has 15 heavy (non-hydrogen) atoms. The maximum atomic E-state index is 5.66. The van der Waals surface area contributed by atoms with E-state index in [1.54, 1.807) is 0 Å². The first kappa shape index (κ1) is 14.6. The molecule has 0 aromatic heterocycles. The first-order valence-corrected chi connectivity index (χ1v) is 5.86. The van der Waals surface area contributed by atoms with Gasteiger partial charge in [0.05, 0.1) is 13.2 Å². The van der Waals surface area contributed by atoms with Crippen molar-refractivity contribution in [3.05, 3.63) is 12.2 Å². The summed E-state index contributed by atoms with van der Waals surface area (Å²) in [5, 5.41) is 3.40. The fourth-order valence-corrected chi connectivity index (χ4v) is 1.34. The Morgan fingerprint density at radius 3 is 2.80 bits per heavy atom. The average molecular weight is 214 g/mol. The van der Waals surface area contributed by atoms with Crippen molar-refractivity contribution < 1.29 is 4.74 Å². The summed E-state index contributed by atoms with van der Waals surface area (Å²) in [4.78, 5) is 0. The van der Waals surface area contributed by atoms with Crippen molar-refractivity contribution in [1.29, 1.82) is 0 Å². The van der Waals surface area contributed by atoms with E-state index >= 15 is 0 Å². The van der Waals surface area contributed by atoms with Crippen LogP contribution in [0.5, 0.6) is 0 Å². The highest BCUT2D eigenvalue weighted by Gasteiger charge is 2.03. The van der Waals surface area contributed by atoms with Crippen LogP contribution in [-0.4, -0.2) is 32.3 Å². The third kappa shape index (κ3) is 9.91. The minimum atomic E-state index is 0.443. The zero-order valence-corrected chi connectivity index (χ0v) is 10.2. The number of ether oxygens (including phenoxy) is 1. The molecule has 0 amide bonds. The highest BCUT2D eigenvalue weighted by Crippen LogP contribution is 1.98. The molecule has 3 heteroatoms. The fourth-order valence-electron chi connectivity index (χ4n) is 1.34. The Balaban J connectivity index is 3.33. The molecule has 0 saturated carbocycles. The van der Waals surface area contributed by atoms with E-state index in [2.05, 4.69) is 18.8 Å². The maximum absolute atomic E-state index is 5.66. The second-order valence-electron chi connectivity index (χ2n) is 4.04. The van der Waals surface area contributed by atoms with Crippen molar-refractivity contribution in [2.24, 2.45) is 5.73 Å². The Hall–Kier alpha value is -0.380. The van der Waals surface area contributed by atoms with Gasteiger partial charge in [0.1, 0.15) is 0 Å². The Bertz CT molecular complexity index is 160. The molecule has 0 aliphatic rings. The van der Waals surface area contributed by atoms with Crippen LogP contribution in [0, 0.1) is 0 Å². The molecule has 1 unspecified atom stereocenters. The molecule has 3 N–H and O–H groups in total. The summed E-state index contributed by atoms with van der Waals surface area (Å²) in [5.74, 6) is 0. The van der Waals surface area contributed by atoms with Gasteiger partial charge in [-0.15, -0.1) is 0 Å². The smallest absolute Gasteiger partial charge is 0.0672 e. The lowest BCUT2D eigenvalue weighted by molar-refractivity contribution is 0.155. The summed E-state index contributed by atoms with van der Waals surface area (Å²) in [7, 11) is 0. The van der Waals surface area contributed by atoms with Crippen LogP contribution < -0.4 is 11.1 Å². The van der Waals surface area contributed by atoms with Crippen LogP contribution in [0.4, 0.5) is 0 Å². The second kappa shape index (κ2) is 10.1. The molecule has 0 aliphatic carbocycles. The van der Waals surface area contributed by atoms with Gasteiger partial charge in [0, 0.05) is 19.1 Å². The van der Waals surface area contributed by atoms with Gasteiger partial charge in [-0.05, 0) is 13.3 Å². The van der Waals surface area contributed by atoms with Gasteiger partial charge in [-0.25, -0.2) is 0 Å². The molecule has 0 fully saturated rings. The normalized spacial score (nSPS) is 12.7. The van der Waals surface area contributed by atoms with Crippen molar-refractivity contribution in [1.82, 2.24) is 5.32 Å². The molecule has 3 nitrogen and oxygen atoms in total. The van der Waals surface area contributed by atoms with E-state index in [-0.39, 0.29) is 0 Å². The van der Waals surface area contributed by atoms with Gasteiger partial charge < -0.3 is 15.8 Å². The predicted molar refractivity (Wildman–Crippen MR) is 66.0 cm³/mol. The van der Waals surface area contributed by atoms with Crippen molar-refractivity contribution in [3.8, 4) is 0 Å². The quantitative estimate of drug-likeness (QED) is 0.430. The van der Waals surface area contributed by atoms with Gasteiger partial charge in [-0.1, -0.05) is 31.9 Å². The summed E-state index contributed by atoms with van der Waals surface area (Å²) in [6, 6.07) is 0.443. The van der Waals surface area contributed by atoms with E-state index in [0.717, 1.165) is 25.1 Å². The van der Waals surface area contributed by atoms with E-state index in [1.807, 2.05) is 6.92 Å². The van der Waals surface area contributed by atoms with E-state index < -0.39 is 0 Å². The third-order valence-electron chi connectivity index (χ3n) is 2.22. The molecule has 0 bridgehead atoms. The van der Waals surface area contributed by atoms with Crippen LogP contribution in [0.1, 0.15) is 33.1 Å². The van der Waals surface area contributed by atoms with Gasteiger partial charge in [0.15, 0.2) is 0 Å². The summed E-state index contributed by atoms with van der Waals surface area (Å²) in [6.07, 6.45) is 3.62. The Labute approximate surface area is 94.1 Å². The monoisotopic (exact) mass is 214 g/mol. The SMILES string of the molecule is C=C(C)COCCNC(CN)CCCC. The minimum absolute atomic E-state index is 0.443. The van der Waals surface area contributed by atoms with E-state index in [9.17, 15) is 0 Å². The molecule has 0 radical (unpaired) electrons. The molecule has 0 rings (SSSR count). The number of hydrogen-bond donors (Lipinski definition) is 2. The number of hydrogen-bond acceptors (Lipinski definition) is 3. The number of nitrogens with one attached hydrogen (secondary N) is 1. The van der Waals surface area contributed by atoms with Gasteiger partial charge in [-0.3, -0.25) is 0 Å². The van der Waals surface area contributed by atoms with Crippen molar-refractivity contribution >= 4 is 0 Å². The van der Waals surface area contributed by atoms with Crippen molar-refractivity contribution in [2.45, 2.75) is 39.2 Å². The van der Waals surface area contributed by atoms with Crippen LogP contribution in [0.2, 0.25) is 0 Å². The highest BCUT2D eigenvalue weighted by atomic mass is 16.5.